The minimum atomic E-state index is -4.84. The first-order valence-corrected chi connectivity index (χ1v) is 7.65. The molecule has 1 heterocycles. The number of halogens is 5. The summed E-state index contributed by atoms with van der Waals surface area (Å²) < 4.78 is 55.5. The van der Waals surface area contributed by atoms with Crippen LogP contribution in [0.4, 0.5) is 35.0 Å². The number of hydrazine groups is 1. The number of hydrogen-bond acceptors (Lipinski definition) is 5. The number of anilines is 3. The van der Waals surface area contributed by atoms with Crippen molar-refractivity contribution in [3.05, 3.63) is 52.8 Å². The highest BCUT2D eigenvalue weighted by molar-refractivity contribution is 6.31. The number of nitrogen functional groups attached to an aromatic ring is 1. The number of aromatic nitrogens is 2. The van der Waals surface area contributed by atoms with Crippen molar-refractivity contribution in [2.45, 2.75) is 13.2 Å². The van der Waals surface area contributed by atoms with Gasteiger partial charge in [0.15, 0.2) is 5.82 Å². The number of rotatable bonds is 3. The van der Waals surface area contributed by atoms with E-state index in [0.29, 0.717) is 5.56 Å². The molecule has 0 amide bonds. The summed E-state index contributed by atoms with van der Waals surface area (Å²) >= 11 is 5.72. The maximum absolute atomic E-state index is 13.9. The molecule has 5 nitrogen and oxygen atoms in total. The van der Waals surface area contributed by atoms with Crippen LogP contribution in [0, 0.1) is 12.7 Å². The molecule has 10 heteroatoms. The van der Waals surface area contributed by atoms with Gasteiger partial charge in [-0.3, -0.25) is 5.43 Å². The molecule has 0 fully saturated rings. The summed E-state index contributed by atoms with van der Waals surface area (Å²) in [6.07, 6.45) is -4.84. The van der Waals surface area contributed by atoms with Gasteiger partial charge in [-0.15, -0.1) is 13.2 Å². The number of alkyl halides is 3. The van der Waals surface area contributed by atoms with E-state index in [4.69, 9.17) is 17.4 Å². The summed E-state index contributed by atoms with van der Waals surface area (Å²) in [4.78, 5) is 7.79. The fraction of sp³-hybridized carbons (Fsp3) is 0.125. The zero-order valence-corrected chi connectivity index (χ0v) is 14.0. The van der Waals surface area contributed by atoms with E-state index >= 15 is 0 Å². The lowest BCUT2D eigenvalue weighted by Crippen LogP contribution is -2.35. The standard InChI is InChI=1S/C16H12ClF4N5/c1-8-3-2-4-9(5-8)26(16(19,20)21)14-10-6-12(18)11(17)7-13(10)23-15(24-14)25-22/h2-7H,22H2,1H3,(H,23,24,25). The Kier molecular flexibility index (Phi) is 4.59. The van der Waals surface area contributed by atoms with Crippen LogP contribution in [0.3, 0.4) is 0 Å². The van der Waals surface area contributed by atoms with Crippen LogP contribution >= 0.6 is 11.6 Å². The third kappa shape index (κ3) is 3.35. The van der Waals surface area contributed by atoms with Gasteiger partial charge in [0.1, 0.15) is 5.82 Å². The number of benzene rings is 2. The topological polar surface area (TPSA) is 67.1 Å². The van der Waals surface area contributed by atoms with Crippen molar-refractivity contribution in [1.82, 2.24) is 9.97 Å². The first-order chi connectivity index (χ1) is 12.2. The van der Waals surface area contributed by atoms with Crippen molar-refractivity contribution < 1.29 is 17.6 Å². The number of hydrogen-bond donors (Lipinski definition) is 2. The second-order valence-electron chi connectivity index (χ2n) is 5.44. The second-order valence-corrected chi connectivity index (χ2v) is 5.85. The Morgan fingerprint density at radius 3 is 2.50 bits per heavy atom. The van der Waals surface area contributed by atoms with E-state index in [1.165, 1.54) is 18.2 Å². The molecule has 0 saturated carbocycles. The predicted molar refractivity (Wildman–Crippen MR) is 91.7 cm³/mol. The number of nitrogens with zero attached hydrogens (tertiary/aromatic N) is 3. The van der Waals surface area contributed by atoms with Gasteiger partial charge in [0, 0.05) is 5.39 Å². The fourth-order valence-electron chi connectivity index (χ4n) is 2.50. The Labute approximate surface area is 150 Å². The van der Waals surface area contributed by atoms with Crippen molar-refractivity contribution >= 4 is 40.0 Å². The van der Waals surface area contributed by atoms with Gasteiger partial charge in [-0.05, 0) is 36.8 Å². The Morgan fingerprint density at radius 1 is 1.15 bits per heavy atom. The highest BCUT2D eigenvalue weighted by Crippen LogP contribution is 2.40. The summed E-state index contributed by atoms with van der Waals surface area (Å²) in [7, 11) is 0. The maximum atomic E-state index is 13.9. The molecule has 0 atom stereocenters. The number of nitrogens with one attached hydrogen (secondary N) is 1. The molecule has 3 N–H and O–H groups in total. The Morgan fingerprint density at radius 2 is 1.88 bits per heavy atom. The largest absolute Gasteiger partial charge is 0.490 e. The van der Waals surface area contributed by atoms with Crippen LogP contribution in [0.15, 0.2) is 36.4 Å². The number of aryl methyl sites for hydroxylation is 1. The zero-order valence-electron chi connectivity index (χ0n) is 13.3. The average molecular weight is 386 g/mol. The molecule has 3 aromatic rings. The van der Waals surface area contributed by atoms with Crippen LogP contribution in [0.25, 0.3) is 10.9 Å². The Bertz CT molecular complexity index is 977. The van der Waals surface area contributed by atoms with E-state index in [-0.39, 0.29) is 32.5 Å². The normalized spacial score (nSPS) is 11.7. The zero-order chi connectivity index (χ0) is 19.1. The molecule has 1 aromatic heterocycles. The highest BCUT2D eigenvalue weighted by Gasteiger charge is 2.41. The lowest BCUT2D eigenvalue weighted by Gasteiger charge is -2.27. The van der Waals surface area contributed by atoms with Crippen molar-refractivity contribution in [2.24, 2.45) is 5.84 Å². The SMILES string of the molecule is Cc1cccc(N(c2nc(NN)nc3cc(Cl)c(F)cc23)C(F)(F)F)c1. The molecule has 0 aliphatic carbocycles. The summed E-state index contributed by atoms with van der Waals surface area (Å²) in [5, 5.41) is -0.441. The summed E-state index contributed by atoms with van der Waals surface area (Å²) in [6, 6.07) is 7.72. The van der Waals surface area contributed by atoms with E-state index in [2.05, 4.69) is 15.4 Å². The minimum absolute atomic E-state index is 0.0104. The van der Waals surface area contributed by atoms with Gasteiger partial charge in [-0.2, -0.15) is 4.98 Å². The predicted octanol–water partition coefficient (Wildman–Crippen LogP) is 4.67. The maximum Gasteiger partial charge on any atom is 0.490 e. The Balaban J connectivity index is 2.36. The number of fused-ring (bicyclic) bond motifs is 1. The summed E-state index contributed by atoms with van der Waals surface area (Å²) in [5.41, 5.74) is 2.55. The van der Waals surface area contributed by atoms with Crippen molar-refractivity contribution in [3.63, 3.8) is 0 Å². The molecule has 136 valence electrons. The van der Waals surface area contributed by atoms with Crippen molar-refractivity contribution in [1.29, 1.82) is 0 Å². The molecule has 0 spiro atoms. The molecule has 0 bridgehead atoms. The monoisotopic (exact) mass is 385 g/mol. The molecule has 26 heavy (non-hydrogen) atoms. The quantitative estimate of drug-likeness (QED) is 0.297. The lowest BCUT2D eigenvalue weighted by molar-refractivity contribution is -0.121. The third-order valence-corrected chi connectivity index (χ3v) is 3.86. The van der Waals surface area contributed by atoms with Crippen LogP contribution < -0.4 is 16.2 Å². The smallest absolute Gasteiger partial charge is 0.292 e. The van der Waals surface area contributed by atoms with Crippen LogP contribution in [0.5, 0.6) is 0 Å². The molecule has 0 aliphatic heterocycles. The fourth-order valence-corrected chi connectivity index (χ4v) is 2.66. The van der Waals surface area contributed by atoms with E-state index in [0.717, 1.165) is 12.1 Å². The van der Waals surface area contributed by atoms with Crippen LogP contribution in [-0.4, -0.2) is 16.3 Å². The first-order valence-electron chi connectivity index (χ1n) is 7.27. The van der Waals surface area contributed by atoms with Crippen molar-refractivity contribution in [3.8, 4) is 0 Å². The van der Waals surface area contributed by atoms with Crippen LogP contribution in [0.1, 0.15) is 5.56 Å². The van der Waals surface area contributed by atoms with E-state index in [1.807, 2.05) is 0 Å². The first kappa shape index (κ1) is 18.2. The van der Waals surface area contributed by atoms with Gasteiger partial charge in [0.05, 0.1) is 16.2 Å². The van der Waals surface area contributed by atoms with E-state index in [9.17, 15) is 17.6 Å². The van der Waals surface area contributed by atoms with Gasteiger partial charge in [-0.1, -0.05) is 23.7 Å². The summed E-state index contributed by atoms with van der Waals surface area (Å²) in [5.74, 6) is 3.54. The van der Waals surface area contributed by atoms with Gasteiger partial charge in [0.25, 0.3) is 0 Å². The third-order valence-electron chi connectivity index (χ3n) is 3.57. The van der Waals surface area contributed by atoms with Gasteiger partial charge >= 0.3 is 6.30 Å². The van der Waals surface area contributed by atoms with Crippen LogP contribution in [-0.2, 0) is 0 Å². The van der Waals surface area contributed by atoms with E-state index in [1.54, 1.807) is 13.0 Å². The van der Waals surface area contributed by atoms with Crippen LogP contribution in [0.2, 0.25) is 5.02 Å². The van der Waals surface area contributed by atoms with E-state index < -0.39 is 17.9 Å². The van der Waals surface area contributed by atoms with Gasteiger partial charge in [0.2, 0.25) is 5.95 Å². The highest BCUT2D eigenvalue weighted by atomic mass is 35.5. The molecule has 0 radical (unpaired) electrons. The minimum Gasteiger partial charge on any atom is -0.292 e. The molecule has 0 saturated heterocycles. The molecular weight excluding hydrogens is 374 g/mol. The molecule has 2 aromatic carbocycles. The van der Waals surface area contributed by atoms with Gasteiger partial charge < -0.3 is 0 Å². The number of nitrogens with two attached hydrogens (primary N) is 1. The molecule has 0 aliphatic rings. The summed E-state index contributed by atoms with van der Waals surface area (Å²) in [6.45, 7) is 1.66. The van der Waals surface area contributed by atoms with Crippen molar-refractivity contribution in [2.75, 3.05) is 10.3 Å². The Hall–Kier alpha value is -2.65. The lowest BCUT2D eigenvalue weighted by atomic mass is 10.1. The molecular formula is C16H12ClF4N5. The second kappa shape index (κ2) is 6.58. The molecule has 0 unspecified atom stereocenters. The van der Waals surface area contributed by atoms with Gasteiger partial charge in [-0.25, -0.2) is 20.1 Å². The average Bonchev–Trinajstić information content (AvgIpc) is 2.55. The molecule has 3 rings (SSSR count).